The molecule has 0 saturated heterocycles. The average Bonchev–Trinajstić information content (AvgIpc) is 3.00. The summed E-state index contributed by atoms with van der Waals surface area (Å²) in [5.41, 5.74) is 1.19. The monoisotopic (exact) mass is 314 g/mol. The molecule has 1 saturated carbocycles. The van der Waals surface area contributed by atoms with Crippen molar-refractivity contribution in [3.8, 4) is 0 Å². The van der Waals surface area contributed by atoms with Crippen molar-refractivity contribution < 1.29 is 14.3 Å². The van der Waals surface area contributed by atoms with Gasteiger partial charge in [-0.05, 0) is 25.8 Å². The highest BCUT2D eigenvalue weighted by atomic mass is 35.5. The molecule has 0 radical (unpaired) electrons. The number of carboxylic acids is 1. The Morgan fingerprint density at radius 1 is 1.60 bits per heavy atom. The zero-order valence-electron chi connectivity index (χ0n) is 10.7. The minimum absolute atomic E-state index is 0.0534. The van der Waals surface area contributed by atoms with Crippen LogP contribution in [0.2, 0.25) is 5.02 Å². The summed E-state index contributed by atoms with van der Waals surface area (Å²) in [6, 6.07) is 2.86. The Morgan fingerprint density at radius 2 is 2.30 bits per heavy atom. The average molecular weight is 315 g/mol. The molecule has 0 amide bonds. The van der Waals surface area contributed by atoms with Crippen LogP contribution in [0.1, 0.15) is 19.8 Å². The van der Waals surface area contributed by atoms with Gasteiger partial charge in [0.05, 0.1) is 21.8 Å². The number of carbonyl (C=O) groups is 1. The van der Waals surface area contributed by atoms with E-state index in [1.807, 2.05) is 4.57 Å². The molecule has 1 aliphatic carbocycles. The Labute approximate surface area is 123 Å². The first kappa shape index (κ1) is 13.7. The molecular formula is C13H12ClFN2O2S. The lowest BCUT2D eigenvalue weighted by Crippen LogP contribution is -2.14. The molecule has 1 fully saturated rings. The molecule has 106 valence electrons. The van der Waals surface area contributed by atoms with E-state index in [0.29, 0.717) is 10.7 Å². The molecule has 4 nitrogen and oxygen atoms in total. The third-order valence-electron chi connectivity index (χ3n) is 3.50. The standard InChI is InChI=1S/C13H12ClFN2O2S/c1-13(2-3-13)17-10-4-7(14)8(15)5-9(10)16-12(17)20-6-11(18)19/h4-5H,2-3,6H2,1H3,(H,18,19). The van der Waals surface area contributed by atoms with Crippen LogP contribution < -0.4 is 0 Å². The van der Waals surface area contributed by atoms with E-state index in [0.717, 1.165) is 30.1 Å². The molecule has 1 aromatic heterocycles. The van der Waals surface area contributed by atoms with Crippen molar-refractivity contribution in [3.63, 3.8) is 0 Å². The molecule has 2 aromatic rings. The van der Waals surface area contributed by atoms with E-state index in [2.05, 4.69) is 11.9 Å². The first-order chi connectivity index (χ1) is 9.40. The maximum absolute atomic E-state index is 13.5. The number of rotatable bonds is 4. The number of hydrogen-bond donors (Lipinski definition) is 1. The van der Waals surface area contributed by atoms with E-state index in [9.17, 15) is 9.18 Å². The molecule has 0 spiro atoms. The fraction of sp³-hybridized carbons (Fsp3) is 0.385. The van der Waals surface area contributed by atoms with Gasteiger partial charge in [-0.25, -0.2) is 9.37 Å². The lowest BCUT2D eigenvalue weighted by Gasteiger charge is -2.15. The van der Waals surface area contributed by atoms with E-state index < -0.39 is 11.8 Å². The second-order valence-electron chi connectivity index (χ2n) is 5.16. The maximum Gasteiger partial charge on any atom is 0.313 e. The summed E-state index contributed by atoms with van der Waals surface area (Å²) in [7, 11) is 0. The zero-order chi connectivity index (χ0) is 14.5. The van der Waals surface area contributed by atoms with Crippen molar-refractivity contribution >= 4 is 40.4 Å². The van der Waals surface area contributed by atoms with Gasteiger partial charge in [0.1, 0.15) is 5.82 Å². The van der Waals surface area contributed by atoms with E-state index in [1.165, 1.54) is 6.07 Å². The summed E-state index contributed by atoms with van der Waals surface area (Å²) in [4.78, 5) is 15.1. The van der Waals surface area contributed by atoms with Crippen molar-refractivity contribution in [2.75, 3.05) is 5.75 Å². The van der Waals surface area contributed by atoms with E-state index in [4.69, 9.17) is 16.7 Å². The molecule has 0 atom stereocenters. The number of benzene rings is 1. The van der Waals surface area contributed by atoms with Crippen molar-refractivity contribution in [1.82, 2.24) is 9.55 Å². The number of aromatic nitrogens is 2. The summed E-state index contributed by atoms with van der Waals surface area (Å²) in [6.07, 6.45) is 1.99. The molecular weight excluding hydrogens is 303 g/mol. The molecule has 3 rings (SSSR count). The summed E-state index contributed by atoms with van der Waals surface area (Å²) >= 11 is 7.00. The second kappa shape index (κ2) is 4.63. The van der Waals surface area contributed by atoms with Gasteiger partial charge >= 0.3 is 5.97 Å². The SMILES string of the molecule is CC1(n2c(SCC(=O)O)nc3cc(F)c(Cl)cc32)CC1. The van der Waals surface area contributed by atoms with Gasteiger partial charge in [0.2, 0.25) is 0 Å². The molecule has 1 heterocycles. The summed E-state index contributed by atoms with van der Waals surface area (Å²) in [5.74, 6) is -1.49. The third kappa shape index (κ3) is 2.27. The van der Waals surface area contributed by atoms with Gasteiger partial charge in [0, 0.05) is 11.6 Å². The normalized spacial score (nSPS) is 16.6. The quantitative estimate of drug-likeness (QED) is 0.877. The van der Waals surface area contributed by atoms with Crippen LogP contribution >= 0.6 is 23.4 Å². The van der Waals surface area contributed by atoms with Gasteiger partial charge in [0.15, 0.2) is 5.16 Å². The van der Waals surface area contributed by atoms with Crippen LogP contribution in [0.5, 0.6) is 0 Å². The minimum atomic E-state index is -0.904. The molecule has 1 N–H and O–H groups in total. The van der Waals surface area contributed by atoms with Crippen LogP contribution in [0.25, 0.3) is 11.0 Å². The molecule has 0 bridgehead atoms. The molecule has 1 aromatic carbocycles. The Hall–Kier alpha value is -1.27. The third-order valence-corrected chi connectivity index (χ3v) is 4.72. The first-order valence-electron chi connectivity index (χ1n) is 6.13. The Morgan fingerprint density at radius 3 is 2.90 bits per heavy atom. The number of aliphatic carboxylic acids is 1. The van der Waals surface area contributed by atoms with Crippen molar-refractivity contribution in [2.45, 2.75) is 30.5 Å². The lowest BCUT2D eigenvalue weighted by molar-refractivity contribution is -0.133. The smallest absolute Gasteiger partial charge is 0.313 e. The van der Waals surface area contributed by atoms with Gasteiger partial charge in [0.25, 0.3) is 0 Å². The summed E-state index contributed by atoms with van der Waals surface area (Å²) < 4.78 is 15.5. The number of nitrogens with zero attached hydrogens (tertiary/aromatic N) is 2. The van der Waals surface area contributed by atoms with Crippen molar-refractivity contribution in [2.24, 2.45) is 0 Å². The highest BCUT2D eigenvalue weighted by Gasteiger charge is 2.42. The van der Waals surface area contributed by atoms with Crippen LogP contribution in [0, 0.1) is 5.82 Å². The van der Waals surface area contributed by atoms with Crippen molar-refractivity contribution in [1.29, 1.82) is 0 Å². The van der Waals surface area contributed by atoms with Crippen molar-refractivity contribution in [3.05, 3.63) is 23.0 Å². The topological polar surface area (TPSA) is 55.1 Å². The number of halogens is 2. The second-order valence-corrected chi connectivity index (χ2v) is 6.51. The van der Waals surface area contributed by atoms with E-state index in [1.54, 1.807) is 6.07 Å². The highest BCUT2D eigenvalue weighted by Crippen LogP contribution is 2.47. The zero-order valence-corrected chi connectivity index (χ0v) is 12.3. The molecule has 7 heteroatoms. The predicted molar refractivity (Wildman–Crippen MR) is 75.9 cm³/mol. The minimum Gasteiger partial charge on any atom is -0.481 e. The van der Waals surface area contributed by atoms with Crippen LogP contribution in [0.15, 0.2) is 17.3 Å². The van der Waals surface area contributed by atoms with Gasteiger partial charge in [-0.2, -0.15) is 0 Å². The fourth-order valence-corrected chi connectivity index (χ4v) is 3.22. The molecule has 1 aliphatic rings. The van der Waals surface area contributed by atoms with Gasteiger partial charge in [-0.3, -0.25) is 4.79 Å². The largest absolute Gasteiger partial charge is 0.481 e. The number of fused-ring (bicyclic) bond motifs is 1. The van der Waals surface area contributed by atoms with Crippen LogP contribution in [-0.4, -0.2) is 26.4 Å². The highest BCUT2D eigenvalue weighted by molar-refractivity contribution is 7.99. The van der Waals surface area contributed by atoms with Crippen LogP contribution in [0.4, 0.5) is 4.39 Å². The number of hydrogen-bond acceptors (Lipinski definition) is 3. The number of carboxylic acid groups (broad SMARTS) is 1. The summed E-state index contributed by atoms with van der Waals surface area (Å²) in [6.45, 7) is 2.08. The van der Waals surface area contributed by atoms with E-state index in [-0.39, 0.29) is 16.3 Å². The molecule has 0 aliphatic heterocycles. The van der Waals surface area contributed by atoms with Crippen LogP contribution in [0.3, 0.4) is 0 Å². The van der Waals surface area contributed by atoms with Gasteiger partial charge < -0.3 is 9.67 Å². The summed E-state index contributed by atoms with van der Waals surface area (Å²) in [5, 5.41) is 9.46. The fourth-order valence-electron chi connectivity index (χ4n) is 2.20. The number of thioether (sulfide) groups is 1. The number of imidazole rings is 1. The van der Waals surface area contributed by atoms with Gasteiger partial charge in [-0.15, -0.1) is 0 Å². The van der Waals surface area contributed by atoms with Crippen LogP contribution in [-0.2, 0) is 10.3 Å². The molecule has 0 unspecified atom stereocenters. The first-order valence-corrected chi connectivity index (χ1v) is 7.50. The van der Waals surface area contributed by atoms with Gasteiger partial charge in [-0.1, -0.05) is 23.4 Å². The Bertz CT molecular complexity index is 712. The Balaban J connectivity index is 2.15. The Kier molecular flexibility index (Phi) is 3.17. The predicted octanol–water partition coefficient (Wildman–Crippen LogP) is 3.51. The molecule has 20 heavy (non-hydrogen) atoms. The lowest BCUT2D eigenvalue weighted by atomic mass is 10.2. The maximum atomic E-state index is 13.5. The van der Waals surface area contributed by atoms with E-state index >= 15 is 0 Å².